The van der Waals surface area contributed by atoms with E-state index in [1.54, 1.807) is 0 Å². The number of rotatable bonds is 7. The molecule has 0 aliphatic carbocycles. The number of furan rings is 1. The van der Waals surface area contributed by atoms with E-state index in [0.717, 1.165) is 18.8 Å². The van der Waals surface area contributed by atoms with Gasteiger partial charge in [-0.25, -0.2) is 0 Å². The van der Waals surface area contributed by atoms with Crippen LogP contribution in [0.5, 0.6) is 0 Å². The molecule has 1 aromatic heterocycles. The van der Waals surface area contributed by atoms with Crippen LogP contribution >= 0.6 is 0 Å². The molecule has 1 unspecified atom stereocenters. The van der Waals surface area contributed by atoms with Crippen molar-refractivity contribution in [3.05, 3.63) is 23.7 Å². The third kappa shape index (κ3) is 3.99. The summed E-state index contributed by atoms with van der Waals surface area (Å²) in [4.78, 5) is 2.34. The summed E-state index contributed by atoms with van der Waals surface area (Å²) >= 11 is 0. The van der Waals surface area contributed by atoms with E-state index in [-0.39, 0.29) is 0 Å². The van der Waals surface area contributed by atoms with Crippen LogP contribution < -0.4 is 5.32 Å². The van der Waals surface area contributed by atoms with Gasteiger partial charge in [-0.15, -0.1) is 0 Å². The Kier molecular flexibility index (Phi) is 5.56. The topological polar surface area (TPSA) is 28.4 Å². The number of hydrogen-bond donors (Lipinski definition) is 1. The summed E-state index contributed by atoms with van der Waals surface area (Å²) in [6.07, 6.45) is 4.30. The first-order valence-corrected chi connectivity index (χ1v) is 6.08. The Labute approximate surface area is 98.8 Å². The largest absolute Gasteiger partial charge is 0.468 e. The Morgan fingerprint density at radius 3 is 2.88 bits per heavy atom. The highest BCUT2D eigenvalue weighted by Crippen LogP contribution is 2.13. The van der Waals surface area contributed by atoms with Gasteiger partial charge >= 0.3 is 0 Å². The first kappa shape index (κ1) is 13.3. The van der Waals surface area contributed by atoms with Crippen molar-refractivity contribution in [1.82, 2.24) is 10.2 Å². The zero-order valence-electron chi connectivity index (χ0n) is 10.9. The summed E-state index contributed by atoms with van der Waals surface area (Å²) in [5.74, 6) is 1.05. The Morgan fingerprint density at radius 2 is 2.25 bits per heavy atom. The predicted octanol–water partition coefficient (Wildman–Crippen LogP) is 2.62. The monoisotopic (exact) mass is 224 g/mol. The summed E-state index contributed by atoms with van der Waals surface area (Å²) in [5.41, 5.74) is 1.22. The molecule has 1 N–H and O–H groups in total. The molecule has 3 nitrogen and oxygen atoms in total. The van der Waals surface area contributed by atoms with E-state index in [1.165, 1.54) is 18.4 Å². The number of nitrogens with zero attached hydrogens (tertiary/aromatic N) is 1. The fraction of sp³-hybridized carbons (Fsp3) is 0.692. The first-order chi connectivity index (χ1) is 7.67. The van der Waals surface area contributed by atoms with Crippen molar-refractivity contribution in [2.24, 2.45) is 0 Å². The lowest BCUT2D eigenvalue weighted by Crippen LogP contribution is -2.28. The smallest absolute Gasteiger partial charge is 0.118 e. The van der Waals surface area contributed by atoms with Gasteiger partial charge in [-0.05, 0) is 33.5 Å². The van der Waals surface area contributed by atoms with Gasteiger partial charge in [0.15, 0.2) is 0 Å². The van der Waals surface area contributed by atoms with Gasteiger partial charge in [0.2, 0.25) is 0 Å². The van der Waals surface area contributed by atoms with Crippen molar-refractivity contribution in [2.75, 3.05) is 14.1 Å². The van der Waals surface area contributed by atoms with Gasteiger partial charge < -0.3 is 9.73 Å². The summed E-state index contributed by atoms with van der Waals surface area (Å²) in [5, 5.41) is 3.12. The number of hydrogen-bond acceptors (Lipinski definition) is 3. The molecule has 0 aliphatic heterocycles. The lowest BCUT2D eigenvalue weighted by atomic mass is 10.1. The molecule has 1 rings (SSSR count). The zero-order valence-corrected chi connectivity index (χ0v) is 10.9. The molecule has 0 saturated heterocycles. The van der Waals surface area contributed by atoms with Crippen LogP contribution in [0.1, 0.15) is 38.0 Å². The Balaban J connectivity index is 2.45. The number of nitrogens with one attached hydrogen (secondary N) is 1. The van der Waals surface area contributed by atoms with Gasteiger partial charge in [-0.1, -0.05) is 13.3 Å². The lowest BCUT2D eigenvalue weighted by Gasteiger charge is -2.22. The molecule has 0 aliphatic rings. The highest BCUT2D eigenvalue weighted by Gasteiger charge is 2.10. The van der Waals surface area contributed by atoms with Gasteiger partial charge in [0, 0.05) is 18.2 Å². The molecular weight excluding hydrogens is 200 g/mol. The molecule has 0 radical (unpaired) electrons. The van der Waals surface area contributed by atoms with Crippen LogP contribution in [0.25, 0.3) is 0 Å². The van der Waals surface area contributed by atoms with Crippen LogP contribution in [-0.2, 0) is 13.1 Å². The summed E-state index contributed by atoms with van der Waals surface area (Å²) in [7, 11) is 4.10. The molecule has 1 aromatic rings. The molecule has 0 bridgehead atoms. The average Bonchev–Trinajstić information content (AvgIpc) is 2.66. The molecule has 0 saturated carbocycles. The summed E-state index contributed by atoms with van der Waals surface area (Å²) in [6, 6.07) is 2.74. The van der Waals surface area contributed by atoms with E-state index in [0.29, 0.717) is 6.04 Å². The summed E-state index contributed by atoms with van der Waals surface area (Å²) in [6.45, 7) is 6.26. The Hall–Kier alpha value is -0.800. The zero-order chi connectivity index (χ0) is 12.0. The minimum absolute atomic E-state index is 0.614. The van der Waals surface area contributed by atoms with Crippen LogP contribution in [0.15, 0.2) is 16.7 Å². The fourth-order valence-electron chi connectivity index (χ4n) is 1.85. The molecule has 1 heterocycles. The van der Waals surface area contributed by atoms with Crippen molar-refractivity contribution < 1.29 is 4.42 Å². The molecule has 0 spiro atoms. The summed E-state index contributed by atoms with van der Waals surface area (Å²) < 4.78 is 5.53. The van der Waals surface area contributed by atoms with Crippen LogP contribution in [0.2, 0.25) is 0 Å². The maximum atomic E-state index is 5.53. The average molecular weight is 224 g/mol. The molecule has 1 atom stereocenters. The predicted molar refractivity (Wildman–Crippen MR) is 67.3 cm³/mol. The van der Waals surface area contributed by atoms with Gasteiger partial charge in [-0.3, -0.25) is 4.90 Å². The van der Waals surface area contributed by atoms with E-state index in [9.17, 15) is 0 Å². The van der Waals surface area contributed by atoms with Crippen LogP contribution in [0, 0.1) is 0 Å². The third-order valence-corrected chi connectivity index (χ3v) is 2.95. The molecule has 92 valence electrons. The van der Waals surface area contributed by atoms with E-state index < -0.39 is 0 Å². The second-order valence-corrected chi connectivity index (χ2v) is 4.50. The van der Waals surface area contributed by atoms with E-state index in [2.05, 4.69) is 37.2 Å². The van der Waals surface area contributed by atoms with Gasteiger partial charge in [0.1, 0.15) is 5.76 Å². The van der Waals surface area contributed by atoms with E-state index >= 15 is 0 Å². The van der Waals surface area contributed by atoms with E-state index in [4.69, 9.17) is 4.42 Å². The van der Waals surface area contributed by atoms with Crippen molar-refractivity contribution in [1.29, 1.82) is 0 Å². The molecule has 0 aromatic carbocycles. The van der Waals surface area contributed by atoms with Gasteiger partial charge in [0.25, 0.3) is 0 Å². The quantitative estimate of drug-likeness (QED) is 0.771. The minimum atomic E-state index is 0.614. The molecule has 0 fully saturated rings. The second-order valence-electron chi connectivity index (χ2n) is 4.50. The fourth-order valence-corrected chi connectivity index (χ4v) is 1.85. The van der Waals surface area contributed by atoms with Crippen LogP contribution in [0.3, 0.4) is 0 Å². The second kappa shape index (κ2) is 6.71. The SMILES string of the molecule is CCCC(C)N(C)Cc1cc(CNC)co1. The lowest BCUT2D eigenvalue weighted by molar-refractivity contribution is 0.219. The first-order valence-electron chi connectivity index (χ1n) is 6.08. The van der Waals surface area contributed by atoms with Crippen molar-refractivity contribution in [3.63, 3.8) is 0 Å². The molecule has 16 heavy (non-hydrogen) atoms. The maximum Gasteiger partial charge on any atom is 0.118 e. The highest BCUT2D eigenvalue weighted by atomic mass is 16.3. The van der Waals surface area contributed by atoms with Crippen LogP contribution in [0.4, 0.5) is 0 Å². The van der Waals surface area contributed by atoms with Crippen molar-refractivity contribution >= 4 is 0 Å². The Bertz CT molecular complexity index is 296. The van der Waals surface area contributed by atoms with Gasteiger partial charge in [0.05, 0.1) is 12.8 Å². The van der Waals surface area contributed by atoms with Crippen LogP contribution in [-0.4, -0.2) is 25.0 Å². The van der Waals surface area contributed by atoms with E-state index in [1.807, 2.05) is 13.3 Å². The normalized spacial score (nSPS) is 13.3. The molecular formula is C13H24N2O. The minimum Gasteiger partial charge on any atom is -0.468 e. The molecule has 0 amide bonds. The highest BCUT2D eigenvalue weighted by molar-refractivity contribution is 5.12. The van der Waals surface area contributed by atoms with Gasteiger partial charge in [-0.2, -0.15) is 0 Å². The third-order valence-electron chi connectivity index (χ3n) is 2.95. The standard InChI is InChI=1S/C13H24N2O/c1-5-6-11(2)15(4)9-13-7-12(8-14-3)10-16-13/h7,10-11,14H,5-6,8-9H2,1-4H3. The van der Waals surface area contributed by atoms with Crippen molar-refractivity contribution in [2.45, 2.75) is 45.8 Å². The Morgan fingerprint density at radius 1 is 1.50 bits per heavy atom. The molecule has 3 heteroatoms. The van der Waals surface area contributed by atoms with Crippen molar-refractivity contribution in [3.8, 4) is 0 Å². The maximum absolute atomic E-state index is 5.53.